The molecule has 4 aromatic rings. The highest BCUT2D eigenvalue weighted by atomic mass is 16.5. The first-order valence-corrected chi connectivity index (χ1v) is 11.7. The molecule has 2 N–H and O–H groups in total. The lowest BCUT2D eigenvalue weighted by molar-refractivity contribution is -0.144. The Balaban J connectivity index is 1.84. The zero-order chi connectivity index (χ0) is 26.0. The van der Waals surface area contributed by atoms with Crippen LogP contribution in [0.25, 0.3) is 6.08 Å². The Morgan fingerprint density at radius 3 is 2.00 bits per heavy atom. The van der Waals surface area contributed by atoms with E-state index in [2.05, 4.69) is 5.32 Å². The van der Waals surface area contributed by atoms with Gasteiger partial charge in [-0.05, 0) is 29.3 Å². The molecule has 184 valence electrons. The topological polar surface area (TPSA) is 88.0 Å². The van der Waals surface area contributed by atoms with Crippen molar-refractivity contribution in [3.8, 4) is 5.75 Å². The fraction of sp³-hybridized carbons (Fsp3) is 0.0645. The number of nitrogens with one attached hydrogen (secondary N) is 1. The number of hydrogen-bond donors (Lipinski definition) is 2. The Morgan fingerprint density at radius 2 is 1.38 bits per heavy atom. The van der Waals surface area contributed by atoms with Crippen LogP contribution in [0.4, 0.5) is 0 Å². The number of phenols is 1. The number of esters is 1. The Hall–Kier alpha value is -4.97. The number of phenolic OH excluding ortho intramolecular Hbond substituents is 1. The Labute approximate surface area is 215 Å². The predicted octanol–water partition coefficient (Wildman–Crippen LogP) is 5.30. The van der Waals surface area contributed by atoms with Gasteiger partial charge in [-0.25, -0.2) is 9.79 Å². The third kappa shape index (κ3) is 6.38. The van der Waals surface area contributed by atoms with Crippen LogP contribution in [0.1, 0.15) is 28.3 Å². The smallest absolute Gasteiger partial charge is 0.333 e. The lowest BCUT2D eigenvalue weighted by Crippen LogP contribution is -2.35. The van der Waals surface area contributed by atoms with Crippen LogP contribution in [0.2, 0.25) is 0 Å². The fourth-order valence-electron chi connectivity index (χ4n) is 3.77. The van der Waals surface area contributed by atoms with Crippen molar-refractivity contribution in [2.24, 2.45) is 4.99 Å². The average molecular weight is 491 g/mol. The highest BCUT2D eigenvalue weighted by Gasteiger charge is 2.25. The molecule has 0 aliphatic rings. The maximum atomic E-state index is 13.7. The van der Waals surface area contributed by atoms with Crippen molar-refractivity contribution in [1.29, 1.82) is 0 Å². The third-order valence-corrected chi connectivity index (χ3v) is 5.62. The molecule has 4 aromatic carbocycles. The number of rotatable bonds is 8. The molecule has 0 fully saturated rings. The minimum absolute atomic E-state index is 0.0290. The molecule has 0 radical (unpaired) electrons. The van der Waals surface area contributed by atoms with Crippen LogP contribution in [0.3, 0.4) is 0 Å². The zero-order valence-electron chi connectivity index (χ0n) is 20.2. The molecule has 0 spiro atoms. The second-order valence-corrected chi connectivity index (χ2v) is 8.12. The van der Waals surface area contributed by atoms with Gasteiger partial charge in [-0.2, -0.15) is 0 Å². The first kappa shape index (κ1) is 25.1. The maximum absolute atomic E-state index is 13.7. The van der Waals surface area contributed by atoms with Crippen molar-refractivity contribution in [2.75, 3.05) is 7.11 Å². The van der Waals surface area contributed by atoms with Crippen LogP contribution in [0.15, 0.2) is 126 Å². The van der Waals surface area contributed by atoms with Gasteiger partial charge < -0.3 is 15.2 Å². The van der Waals surface area contributed by atoms with Crippen LogP contribution in [-0.2, 0) is 14.3 Å². The number of aliphatic imine (C=N–C) groups is 1. The summed E-state index contributed by atoms with van der Waals surface area (Å²) in [5.74, 6) is -1.15. The molecule has 0 saturated carbocycles. The van der Waals surface area contributed by atoms with E-state index in [1.807, 2.05) is 66.7 Å². The minimum Gasteiger partial charge on any atom is -0.507 e. The number of para-hydroxylation sites is 1. The van der Waals surface area contributed by atoms with E-state index in [9.17, 15) is 14.7 Å². The summed E-state index contributed by atoms with van der Waals surface area (Å²) in [4.78, 5) is 31.0. The van der Waals surface area contributed by atoms with E-state index in [0.29, 0.717) is 22.4 Å². The van der Waals surface area contributed by atoms with Crippen molar-refractivity contribution in [3.63, 3.8) is 0 Å². The van der Waals surface area contributed by atoms with E-state index in [-0.39, 0.29) is 11.4 Å². The highest BCUT2D eigenvalue weighted by Crippen LogP contribution is 2.23. The number of nitrogens with zero attached hydrogens (tertiary/aromatic N) is 1. The summed E-state index contributed by atoms with van der Waals surface area (Å²) in [7, 11) is 1.27. The molecule has 0 heterocycles. The maximum Gasteiger partial charge on any atom is 0.333 e. The van der Waals surface area contributed by atoms with E-state index in [1.165, 1.54) is 7.11 Å². The second-order valence-electron chi connectivity index (χ2n) is 8.12. The SMILES string of the molecule is COC(=O)[C@@H](NC(=O)/C(=C/c1ccccc1)N=C(c1ccccc1)c1ccccc1O)c1ccccc1. The van der Waals surface area contributed by atoms with Crippen molar-refractivity contribution in [1.82, 2.24) is 5.32 Å². The van der Waals surface area contributed by atoms with Crippen LogP contribution in [-0.4, -0.2) is 29.8 Å². The summed E-state index contributed by atoms with van der Waals surface area (Å²) in [6, 6.07) is 33.2. The van der Waals surface area contributed by atoms with E-state index >= 15 is 0 Å². The molecule has 6 nitrogen and oxygen atoms in total. The first-order valence-electron chi connectivity index (χ1n) is 11.7. The Bertz CT molecular complexity index is 1420. The number of benzene rings is 4. The summed E-state index contributed by atoms with van der Waals surface area (Å²) in [5, 5.41) is 13.4. The number of methoxy groups -OCH3 is 1. The fourth-order valence-corrected chi connectivity index (χ4v) is 3.77. The van der Waals surface area contributed by atoms with Gasteiger partial charge in [-0.1, -0.05) is 103 Å². The molecule has 0 bridgehead atoms. The number of carbonyl (C=O) groups is 2. The summed E-state index contributed by atoms with van der Waals surface area (Å²) >= 11 is 0. The summed E-state index contributed by atoms with van der Waals surface area (Å²) < 4.78 is 4.96. The van der Waals surface area contributed by atoms with Gasteiger partial charge in [-0.3, -0.25) is 4.79 Å². The third-order valence-electron chi connectivity index (χ3n) is 5.62. The molecule has 6 heteroatoms. The van der Waals surface area contributed by atoms with Crippen LogP contribution in [0.5, 0.6) is 5.75 Å². The summed E-state index contributed by atoms with van der Waals surface area (Å²) in [6.07, 6.45) is 1.64. The van der Waals surface area contributed by atoms with E-state index < -0.39 is 17.9 Å². The van der Waals surface area contributed by atoms with Gasteiger partial charge in [0.2, 0.25) is 0 Å². The number of ether oxygens (including phenoxy) is 1. The quantitative estimate of drug-likeness (QED) is 0.199. The summed E-state index contributed by atoms with van der Waals surface area (Å²) in [6.45, 7) is 0. The average Bonchev–Trinajstić information content (AvgIpc) is 2.95. The second kappa shape index (κ2) is 12.1. The number of amides is 1. The summed E-state index contributed by atoms with van der Waals surface area (Å²) in [5.41, 5.74) is 2.96. The van der Waals surface area contributed by atoms with E-state index in [4.69, 9.17) is 9.73 Å². The van der Waals surface area contributed by atoms with Gasteiger partial charge in [0, 0.05) is 11.1 Å². The molecule has 0 aromatic heterocycles. The van der Waals surface area contributed by atoms with Crippen LogP contribution in [0, 0.1) is 0 Å². The van der Waals surface area contributed by atoms with E-state index in [0.717, 1.165) is 5.56 Å². The largest absolute Gasteiger partial charge is 0.507 e. The van der Waals surface area contributed by atoms with Crippen LogP contribution >= 0.6 is 0 Å². The number of carbonyl (C=O) groups excluding carboxylic acids is 2. The highest BCUT2D eigenvalue weighted by molar-refractivity contribution is 6.16. The monoisotopic (exact) mass is 490 g/mol. The molecular weight excluding hydrogens is 464 g/mol. The number of aromatic hydroxyl groups is 1. The van der Waals surface area contributed by atoms with Gasteiger partial charge >= 0.3 is 5.97 Å². The molecular formula is C31H26N2O4. The molecule has 1 amide bonds. The zero-order valence-corrected chi connectivity index (χ0v) is 20.2. The molecule has 0 aliphatic carbocycles. The molecule has 1 atom stereocenters. The predicted molar refractivity (Wildman–Crippen MR) is 144 cm³/mol. The van der Waals surface area contributed by atoms with Gasteiger partial charge in [0.1, 0.15) is 11.4 Å². The lowest BCUT2D eigenvalue weighted by Gasteiger charge is -2.18. The molecule has 0 unspecified atom stereocenters. The van der Waals surface area contributed by atoms with Gasteiger partial charge in [-0.15, -0.1) is 0 Å². The van der Waals surface area contributed by atoms with Gasteiger partial charge in [0.25, 0.3) is 5.91 Å². The van der Waals surface area contributed by atoms with Crippen molar-refractivity contribution in [2.45, 2.75) is 6.04 Å². The minimum atomic E-state index is -1.03. The Morgan fingerprint density at radius 1 is 0.811 bits per heavy atom. The number of hydrogen-bond acceptors (Lipinski definition) is 5. The Kier molecular flexibility index (Phi) is 8.24. The molecule has 0 aliphatic heterocycles. The van der Waals surface area contributed by atoms with Crippen molar-refractivity contribution >= 4 is 23.7 Å². The van der Waals surface area contributed by atoms with Gasteiger partial charge in [0.15, 0.2) is 6.04 Å². The van der Waals surface area contributed by atoms with Crippen LogP contribution < -0.4 is 5.32 Å². The molecule has 4 rings (SSSR count). The standard InChI is InChI=1S/C31H26N2O4/c1-37-31(36)29(24-17-9-4-10-18-24)33-30(35)26(21-22-13-5-2-6-14-22)32-28(23-15-7-3-8-16-23)25-19-11-12-20-27(25)34/h2-21,29,34H,1H3,(H,33,35)/b26-21-,32-28?/t29-/m0/s1. The lowest BCUT2D eigenvalue weighted by atomic mass is 10.0. The van der Waals surface area contributed by atoms with Gasteiger partial charge in [0.05, 0.1) is 12.8 Å². The normalized spacial score (nSPS) is 12.5. The van der Waals surface area contributed by atoms with Crippen molar-refractivity contribution in [3.05, 3.63) is 143 Å². The molecule has 37 heavy (non-hydrogen) atoms. The van der Waals surface area contributed by atoms with E-state index in [1.54, 1.807) is 54.6 Å². The first-order chi connectivity index (χ1) is 18.1. The van der Waals surface area contributed by atoms with Crippen molar-refractivity contribution < 1.29 is 19.4 Å². The molecule has 0 saturated heterocycles.